The fraction of sp³-hybridized carbons (Fsp3) is 0.385. The summed E-state index contributed by atoms with van der Waals surface area (Å²) in [5.41, 5.74) is 2.16. The lowest BCUT2D eigenvalue weighted by Gasteiger charge is -2.25. The molecule has 0 spiro atoms. The van der Waals surface area contributed by atoms with Crippen molar-refractivity contribution in [2.45, 2.75) is 49.5 Å². The molecule has 0 amide bonds. The number of aromatic carboxylic acids is 1. The lowest BCUT2D eigenvalue weighted by molar-refractivity contribution is 0.0181. The standard InChI is InChI=1S/C22H23N3O4S2.C4H8F2/c1-14-23-21(22(26)27)18(29-14)13-28-17-12-19-16(11-20(17)30-3)25(10-9-24(2)31-19)15-7-5-4-6-8-15;1-3-4(2,5)6/h4-8,11-12H,9-10,13H2,1-3H3,(H,26,27);3H2,1-2H3. The summed E-state index contributed by atoms with van der Waals surface area (Å²) in [6.07, 6.45) is 1.94. The number of oxazole rings is 1. The highest BCUT2D eigenvalue weighted by atomic mass is 32.2. The fourth-order valence-electron chi connectivity index (χ4n) is 3.42. The van der Waals surface area contributed by atoms with Crippen molar-refractivity contribution in [3.05, 3.63) is 59.8 Å². The van der Waals surface area contributed by atoms with Gasteiger partial charge in [-0.3, -0.25) is 0 Å². The molecule has 0 bridgehead atoms. The second-order valence-corrected chi connectivity index (χ2v) is 10.5. The van der Waals surface area contributed by atoms with Crippen molar-refractivity contribution in [1.29, 1.82) is 0 Å². The number of hydrogen-bond donors (Lipinski definition) is 1. The molecule has 37 heavy (non-hydrogen) atoms. The highest BCUT2D eigenvalue weighted by Gasteiger charge is 2.24. The maximum absolute atomic E-state index is 11.5. The summed E-state index contributed by atoms with van der Waals surface area (Å²) in [5.74, 6) is -2.38. The van der Waals surface area contributed by atoms with Crippen LogP contribution in [0.25, 0.3) is 0 Å². The molecule has 0 saturated carbocycles. The summed E-state index contributed by atoms with van der Waals surface area (Å²) >= 11 is 3.26. The monoisotopic (exact) mass is 551 g/mol. The molecule has 1 N–H and O–H groups in total. The molecule has 7 nitrogen and oxygen atoms in total. The van der Waals surface area contributed by atoms with E-state index in [2.05, 4.69) is 39.4 Å². The molecule has 1 aromatic heterocycles. The summed E-state index contributed by atoms with van der Waals surface area (Å²) in [5, 5.41) is 9.34. The molecule has 0 atom stereocenters. The van der Waals surface area contributed by atoms with Gasteiger partial charge in [0.05, 0.1) is 15.5 Å². The maximum atomic E-state index is 11.5. The second kappa shape index (κ2) is 12.7. The van der Waals surface area contributed by atoms with E-state index in [1.54, 1.807) is 30.6 Å². The number of carbonyl (C=O) groups is 1. The minimum atomic E-state index is -2.46. The number of benzene rings is 2. The molecule has 0 unspecified atom stereocenters. The first-order valence-electron chi connectivity index (χ1n) is 11.7. The van der Waals surface area contributed by atoms with Gasteiger partial charge in [-0.05, 0) is 56.4 Å². The summed E-state index contributed by atoms with van der Waals surface area (Å²) in [6.45, 7) is 5.76. The molecule has 1 aliphatic rings. The molecular formula is C26H31F2N3O4S2. The van der Waals surface area contributed by atoms with Gasteiger partial charge in [-0.1, -0.05) is 25.1 Å². The van der Waals surface area contributed by atoms with Crippen molar-refractivity contribution < 1.29 is 27.8 Å². The molecule has 3 aromatic rings. The molecule has 4 rings (SSSR count). The third-order valence-electron chi connectivity index (χ3n) is 5.48. The number of anilines is 2. The van der Waals surface area contributed by atoms with Gasteiger partial charge in [-0.2, -0.15) is 0 Å². The summed E-state index contributed by atoms with van der Waals surface area (Å²) in [4.78, 5) is 19.7. The van der Waals surface area contributed by atoms with Crippen molar-refractivity contribution in [1.82, 2.24) is 9.29 Å². The van der Waals surface area contributed by atoms with Gasteiger partial charge in [0.25, 0.3) is 0 Å². The van der Waals surface area contributed by atoms with E-state index < -0.39 is 11.9 Å². The van der Waals surface area contributed by atoms with Gasteiger partial charge >= 0.3 is 5.97 Å². The number of carboxylic acid groups (broad SMARTS) is 1. The third kappa shape index (κ3) is 7.86. The number of hydrogen-bond acceptors (Lipinski definition) is 8. The largest absolute Gasteiger partial charge is 0.484 e. The lowest BCUT2D eigenvalue weighted by atomic mass is 10.2. The van der Waals surface area contributed by atoms with Gasteiger partial charge in [0, 0.05) is 32.1 Å². The van der Waals surface area contributed by atoms with Gasteiger partial charge in [0.15, 0.2) is 17.3 Å². The molecular weight excluding hydrogens is 520 g/mol. The Hall–Kier alpha value is -2.76. The molecule has 0 aliphatic carbocycles. The van der Waals surface area contributed by atoms with Gasteiger partial charge in [-0.25, -0.2) is 22.9 Å². The molecule has 200 valence electrons. The normalized spacial score (nSPS) is 13.9. The average molecular weight is 552 g/mol. The predicted molar refractivity (Wildman–Crippen MR) is 144 cm³/mol. The van der Waals surface area contributed by atoms with E-state index in [1.165, 1.54) is 6.92 Å². The van der Waals surface area contributed by atoms with E-state index >= 15 is 0 Å². The van der Waals surface area contributed by atoms with Crippen LogP contribution in [-0.4, -0.2) is 52.7 Å². The van der Waals surface area contributed by atoms with Gasteiger partial charge in [0.1, 0.15) is 12.4 Å². The number of rotatable bonds is 7. The SMILES string of the molecule is CCC(C)(F)F.CSc1cc2c(cc1OCc1oc(C)nc1C(=O)O)SN(C)CCN2c1ccccc1. The van der Waals surface area contributed by atoms with Crippen LogP contribution >= 0.6 is 23.7 Å². The second-order valence-electron chi connectivity index (χ2n) is 8.42. The van der Waals surface area contributed by atoms with Crippen LogP contribution < -0.4 is 9.64 Å². The van der Waals surface area contributed by atoms with Gasteiger partial charge < -0.3 is 19.2 Å². The van der Waals surface area contributed by atoms with E-state index in [1.807, 2.05) is 30.5 Å². The first kappa shape index (κ1) is 28.8. The van der Waals surface area contributed by atoms with Crippen LogP contribution in [0.5, 0.6) is 5.75 Å². The molecule has 2 heterocycles. The topological polar surface area (TPSA) is 79.0 Å². The van der Waals surface area contributed by atoms with Crippen molar-refractivity contribution in [3.63, 3.8) is 0 Å². The van der Waals surface area contributed by atoms with Crippen LogP contribution in [0, 0.1) is 6.92 Å². The van der Waals surface area contributed by atoms with Crippen LogP contribution in [0.1, 0.15) is 42.4 Å². The number of likely N-dealkylation sites (N-methyl/N-ethyl adjacent to an activating group) is 1. The van der Waals surface area contributed by atoms with Crippen molar-refractivity contribution in [2.24, 2.45) is 0 Å². The van der Waals surface area contributed by atoms with Crippen molar-refractivity contribution in [3.8, 4) is 5.75 Å². The Balaban J connectivity index is 0.000000568. The Bertz CT molecular complexity index is 1200. The number of aryl methyl sites for hydroxylation is 1. The van der Waals surface area contributed by atoms with E-state index in [-0.39, 0.29) is 24.5 Å². The number of ether oxygens (including phenoxy) is 1. The number of nitrogens with zero attached hydrogens (tertiary/aromatic N) is 3. The zero-order valence-corrected chi connectivity index (χ0v) is 23.1. The fourth-order valence-corrected chi connectivity index (χ4v) is 4.89. The Morgan fingerprint density at radius 3 is 2.54 bits per heavy atom. The van der Waals surface area contributed by atoms with Crippen molar-refractivity contribution in [2.75, 3.05) is 31.3 Å². The Labute approximate surface area is 224 Å². The van der Waals surface area contributed by atoms with Crippen LogP contribution in [0.4, 0.5) is 20.2 Å². The molecule has 0 saturated heterocycles. The van der Waals surface area contributed by atoms with E-state index in [9.17, 15) is 18.7 Å². The third-order valence-corrected chi connectivity index (χ3v) is 7.26. The minimum absolute atomic E-state index is 0.00226. The Morgan fingerprint density at radius 2 is 1.95 bits per heavy atom. The number of para-hydroxylation sites is 1. The van der Waals surface area contributed by atoms with Gasteiger partial charge in [-0.15, -0.1) is 11.8 Å². The molecule has 11 heteroatoms. The zero-order chi connectivity index (χ0) is 27.2. The molecule has 0 radical (unpaired) electrons. The van der Waals surface area contributed by atoms with Crippen LogP contribution in [0.15, 0.2) is 56.7 Å². The Kier molecular flexibility index (Phi) is 9.86. The number of halogens is 2. The molecule has 1 aliphatic heterocycles. The van der Waals surface area contributed by atoms with Gasteiger partial charge in [0.2, 0.25) is 5.92 Å². The average Bonchev–Trinajstić information content (AvgIpc) is 3.16. The quantitative estimate of drug-likeness (QED) is 0.244. The predicted octanol–water partition coefficient (Wildman–Crippen LogP) is 7.12. The van der Waals surface area contributed by atoms with Crippen LogP contribution in [-0.2, 0) is 6.61 Å². The number of fused-ring (bicyclic) bond motifs is 1. The maximum Gasteiger partial charge on any atom is 0.358 e. The lowest BCUT2D eigenvalue weighted by Crippen LogP contribution is -2.24. The number of alkyl halides is 2. The first-order chi connectivity index (χ1) is 17.5. The number of aromatic nitrogens is 1. The van der Waals surface area contributed by atoms with Crippen molar-refractivity contribution >= 4 is 41.1 Å². The van der Waals surface area contributed by atoms with E-state index in [4.69, 9.17) is 9.15 Å². The van der Waals surface area contributed by atoms with E-state index in [0.29, 0.717) is 11.6 Å². The highest BCUT2D eigenvalue weighted by molar-refractivity contribution is 7.98. The first-order valence-corrected chi connectivity index (χ1v) is 13.7. The minimum Gasteiger partial charge on any atom is -0.484 e. The summed E-state index contributed by atoms with van der Waals surface area (Å²) in [7, 11) is 2.07. The molecule has 0 fully saturated rings. The van der Waals surface area contributed by atoms with Crippen LogP contribution in [0.2, 0.25) is 0 Å². The summed E-state index contributed by atoms with van der Waals surface area (Å²) < 4.78 is 36.6. The number of carboxylic acids is 1. The summed E-state index contributed by atoms with van der Waals surface area (Å²) in [6, 6.07) is 14.5. The number of thioether (sulfide) groups is 1. The Morgan fingerprint density at radius 1 is 1.27 bits per heavy atom. The van der Waals surface area contributed by atoms with E-state index in [0.717, 1.165) is 41.2 Å². The smallest absolute Gasteiger partial charge is 0.358 e. The van der Waals surface area contributed by atoms with Crippen LogP contribution in [0.3, 0.4) is 0 Å². The zero-order valence-electron chi connectivity index (χ0n) is 21.5. The highest BCUT2D eigenvalue weighted by Crippen LogP contribution is 2.44. The molecule has 2 aromatic carbocycles.